The second-order valence-electron chi connectivity index (χ2n) is 6.29. The predicted octanol–water partition coefficient (Wildman–Crippen LogP) is 1.95. The Labute approximate surface area is 60.0 Å². The molecule has 6 rings (SSSR count). The van der Waals surface area contributed by atoms with E-state index < -0.39 is 0 Å². The summed E-state index contributed by atoms with van der Waals surface area (Å²) in [6.45, 7) is 0. The number of rotatable bonds is 0. The van der Waals surface area contributed by atoms with Crippen molar-refractivity contribution in [2.24, 2.45) is 27.1 Å². The minimum Gasteiger partial charge on any atom is -0.0396 e. The molecule has 0 N–H and O–H groups in total. The summed E-state index contributed by atoms with van der Waals surface area (Å²) in [5, 5.41) is 0. The highest BCUT2D eigenvalue weighted by molar-refractivity contribution is 5.69. The molecular formula is C10H10. The van der Waals surface area contributed by atoms with Crippen LogP contribution in [0.3, 0.4) is 0 Å². The van der Waals surface area contributed by atoms with Crippen molar-refractivity contribution >= 4 is 0 Å². The van der Waals surface area contributed by atoms with Crippen molar-refractivity contribution in [3.63, 3.8) is 0 Å². The van der Waals surface area contributed by atoms with E-state index in [0.29, 0.717) is 0 Å². The van der Waals surface area contributed by atoms with E-state index in [2.05, 4.69) is 0 Å². The zero-order valence-corrected chi connectivity index (χ0v) is 6.04. The molecule has 6 fully saturated rings. The van der Waals surface area contributed by atoms with Gasteiger partial charge in [0.05, 0.1) is 0 Å². The lowest BCUT2D eigenvalue weighted by molar-refractivity contribution is 0.614. The molecule has 5 spiro atoms. The van der Waals surface area contributed by atoms with Gasteiger partial charge in [-0.15, -0.1) is 0 Å². The van der Waals surface area contributed by atoms with Crippen LogP contribution in [0.2, 0.25) is 0 Å². The molecule has 0 saturated heterocycles. The van der Waals surface area contributed by atoms with Gasteiger partial charge in [0.1, 0.15) is 0 Å². The van der Waals surface area contributed by atoms with E-state index in [9.17, 15) is 0 Å². The highest BCUT2D eigenvalue weighted by atomic mass is 15.3. The molecule has 0 aromatic carbocycles. The molecule has 0 unspecified atom stereocenters. The van der Waals surface area contributed by atoms with Crippen LogP contribution in [0.1, 0.15) is 32.1 Å². The van der Waals surface area contributed by atoms with Crippen molar-refractivity contribution in [1.82, 2.24) is 0 Å². The maximum absolute atomic E-state index is 1.70. The lowest BCUT2D eigenvalue weighted by Crippen LogP contribution is -1.81. The third-order valence-electron chi connectivity index (χ3n) is 6.97. The molecule has 10 heavy (non-hydrogen) atoms. The lowest BCUT2D eigenvalue weighted by atomic mass is 10.2. The molecule has 0 heteroatoms. The maximum atomic E-state index is 1.70. The molecule has 0 bridgehead atoms. The Kier molecular flexibility index (Phi) is 0.169. The van der Waals surface area contributed by atoms with Gasteiger partial charge in [-0.05, 0) is 59.2 Å². The van der Waals surface area contributed by atoms with E-state index in [1.165, 1.54) is 0 Å². The van der Waals surface area contributed by atoms with Gasteiger partial charge in [0.2, 0.25) is 0 Å². The third kappa shape index (κ3) is 0.0928. The van der Waals surface area contributed by atoms with E-state index in [0.717, 1.165) is 27.1 Å². The molecule has 0 amide bonds. The van der Waals surface area contributed by atoms with Crippen molar-refractivity contribution in [2.45, 2.75) is 32.1 Å². The molecule has 0 heterocycles. The van der Waals surface area contributed by atoms with E-state index in [-0.39, 0.29) is 0 Å². The third-order valence-corrected chi connectivity index (χ3v) is 6.97. The van der Waals surface area contributed by atoms with Gasteiger partial charge in [-0.25, -0.2) is 0 Å². The van der Waals surface area contributed by atoms with Crippen LogP contribution in [0.15, 0.2) is 0 Å². The van der Waals surface area contributed by atoms with E-state index >= 15 is 0 Å². The molecule has 0 radical (unpaired) electrons. The average molecular weight is 130 g/mol. The monoisotopic (exact) mass is 130 g/mol. The summed E-state index contributed by atoms with van der Waals surface area (Å²) in [7, 11) is 0. The van der Waals surface area contributed by atoms with E-state index in [1.54, 1.807) is 32.1 Å². The van der Waals surface area contributed by atoms with Crippen LogP contribution >= 0.6 is 0 Å². The fourth-order valence-electron chi connectivity index (χ4n) is 6.65. The Morgan fingerprint density at radius 3 is 0.800 bits per heavy atom. The Morgan fingerprint density at radius 1 is 0.400 bits per heavy atom. The summed E-state index contributed by atoms with van der Waals surface area (Å²) < 4.78 is 0. The van der Waals surface area contributed by atoms with Crippen molar-refractivity contribution in [1.29, 1.82) is 0 Å². The summed E-state index contributed by atoms with van der Waals surface area (Å²) >= 11 is 0. The summed E-state index contributed by atoms with van der Waals surface area (Å²) in [5.74, 6) is 0. The molecule has 6 aliphatic rings. The van der Waals surface area contributed by atoms with Crippen LogP contribution in [0.25, 0.3) is 0 Å². The predicted molar refractivity (Wildman–Crippen MR) is 35.2 cm³/mol. The molecule has 0 atom stereocenters. The van der Waals surface area contributed by atoms with E-state index in [1.807, 2.05) is 0 Å². The molecule has 0 aliphatic heterocycles. The van der Waals surface area contributed by atoms with Crippen molar-refractivity contribution in [3.05, 3.63) is 0 Å². The lowest BCUT2D eigenvalue weighted by Gasteiger charge is -1.84. The standard InChI is InChI=1S/C10H10/c1-6-2-8(6)4-10(8)5-9(10)3-7(1,6)9/h1-5H2. The number of hydrogen-bond acceptors (Lipinski definition) is 0. The topological polar surface area (TPSA) is 0 Å². The van der Waals surface area contributed by atoms with E-state index in [4.69, 9.17) is 0 Å². The van der Waals surface area contributed by atoms with Gasteiger partial charge < -0.3 is 0 Å². The van der Waals surface area contributed by atoms with Crippen molar-refractivity contribution < 1.29 is 0 Å². The normalized spacial score (nSPS) is 108. The zero-order valence-electron chi connectivity index (χ0n) is 6.04. The summed E-state index contributed by atoms with van der Waals surface area (Å²) in [6.07, 6.45) is 8.48. The van der Waals surface area contributed by atoms with Crippen LogP contribution in [-0.4, -0.2) is 0 Å². The van der Waals surface area contributed by atoms with Gasteiger partial charge in [0, 0.05) is 0 Å². The maximum Gasteiger partial charge on any atom is -0.0161 e. The Hall–Kier alpha value is 0. The second kappa shape index (κ2) is 0.470. The first kappa shape index (κ1) is 3.60. The highest BCUT2D eigenvalue weighted by Crippen LogP contribution is 3.28. The summed E-state index contributed by atoms with van der Waals surface area (Å²) in [5.41, 5.74) is 5.27. The number of hydrogen-bond donors (Lipinski definition) is 0. The SMILES string of the molecule is C1C23CC24CC42CC24CC134. The Balaban J connectivity index is 1.98. The molecule has 6 aliphatic carbocycles. The molecule has 0 aromatic heterocycles. The van der Waals surface area contributed by atoms with Gasteiger partial charge in [-0.1, -0.05) is 0 Å². The van der Waals surface area contributed by atoms with Gasteiger partial charge in [-0.3, -0.25) is 0 Å². The van der Waals surface area contributed by atoms with Crippen LogP contribution in [-0.2, 0) is 0 Å². The minimum absolute atomic E-state index is 1.05. The van der Waals surface area contributed by atoms with Crippen molar-refractivity contribution in [3.8, 4) is 0 Å². The van der Waals surface area contributed by atoms with Crippen LogP contribution in [0.5, 0.6) is 0 Å². The highest BCUT2D eigenvalue weighted by Gasteiger charge is 3.22. The summed E-state index contributed by atoms with van der Waals surface area (Å²) in [4.78, 5) is 0. The summed E-state index contributed by atoms with van der Waals surface area (Å²) in [6, 6.07) is 0. The van der Waals surface area contributed by atoms with Gasteiger partial charge in [0.25, 0.3) is 0 Å². The Morgan fingerprint density at radius 2 is 0.600 bits per heavy atom. The molecule has 6 saturated carbocycles. The second-order valence-corrected chi connectivity index (χ2v) is 6.29. The fourth-order valence-corrected chi connectivity index (χ4v) is 6.65. The Bertz CT molecular complexity index is 238. The smallest absolute Gasteiger partial charge is 0.0161 e. The minimum atomic E-state index is 1.05. The van der Waals surface area contributed by atoms with Crippen molar-refractivity contribution in [2.75, 3.05) is 0 Å². The average Bonchev–Trinajstić information content (AvgIpc) is 2.58. The molecular weight excluding hydrogens is 120 g/mol. The zero-order chi connectivity index (χ0) is 6.04. The first-order valence-electron chi connectivity index (χ1n) is 4.79. The molecule has 0 aromatic rings. The van der Waals surface area contributed by atoms with Gasteiger partial charge >= 0.3 is 0 Å². The fraction of sp³-hybridized carbons (Fsp3) is 1.00. The van der Waals surface area contributed by atoms with Gasteiger partial charge in [0.15, 0.2) is 0 Å². The quantitative estimate of drug-likeness (QED) is 0.470. The van der Waals surface area contributed by atoms with Crippen LogP contribution in [0.4, 0.5) is 0 Å². The van der Waals surface area contributed by atoms with Gasteiger partial charge in [-0.2, -0.15) is 0 Å². The van der Waals surface area contributed by atoms with Crippen LogP contribution < -0.4 is 0 Å². The first-order valence-corrected chi connectivity index (χ1v) is 4.79. The largest absolute Gasteiger partial charge is 0.0396 e. The molecule has 0 nitrogen and oxygen atoms in total. The van der Waals surface area contributed by atoms with Crippen LogP contribution in [0, 0.1) is 27.1 Å². The first-order chi connectivity index (χ1) is 4.79. The molecule has 50 valence electrons.